The number of phenolic OH excluding ortho intramolecular Hbond substituents is 2. The molecule has 1 aliphatic heterocycles. The molecule has 0 saturated carbocycles. The van der Waals surface area contributed by atoms with E-state index in [1.165, 1.54) is 38.5 Å². The smallest absolute Gasteiger partial charge is 0.310 e. The predicted octanol–water partition coefficient (Wildman–Crippen LogP) is 2.33. The first kappa shape index (κ1) is 18.6. The lowest BCUT2D eigenvalue weighted by Crippen LogP contribution is -2.26. The van der Waals surface area contributed by atoms with Gasteiger partial charge < -0.3 is 24.4 Å². The van der Waals surface area contributed by atoms with Crippen molar-refractivity contribution in [1.29, 1.82) is 0 Å². The number of esters is 1. The second-order valence-electron chi connectivity index (χ2n) is 6.30. The van der Waals surface area contributed by atoms with Crippen molar-refractivity contribution >= 4 is 11.8 Å². The Morgan fingerprint density at radius 1 is 1.07 bits per heavy atom. The summed E-state index contributed by atoms with van der Waals surface area (Å²) in [6.07, 6.45) is 0.279. The monoisotopic (exact) mass is 372 g/mol. The van der Waals surface area contributed by atoms with Crippen molar-refractivity contribution in [3.05, 3.63) is 47.5 Å². The molecule has 0 spiro atoms. The van der Waals surface area contributed by atoms with Crippen LogP contribution in [0.1, 0.15) is 15.9 Å². The highest BCUT2D eigenvalue weighted by Gasteiger charge is 2.41. The summed E-state index contributed by atoms with van der Waals surface area (Å²) >= 11 is 0. The number of cyclic esters (lactones) is 1. The van der Waals surface area contributed by atoms with E-state index < -0.39 is 17.8 Å². The zero-order valence-electron chi connectivity index (χ0n) is 15.0. The third-order valence-corrected chi connectivity index (χ3v) is 4.69. The summed E-state index contributed by atoms with van der Waals surface area (Å²) in [6.45, 7) is 0.000738. The number of phenols is 2. The molecule has 0 unspecified atom stereocenters. The van der Waals surface area contributed by atoms with E-state index in [1.54, 1.807) is 12.1 Å². The molecule has 3 rings (SSSR count). The molecule has 1 aliphatic rings. The molecule has 0 bridgehead atoms. The average Bonchev–Trinajstić information content (AvgIpc) is 3.03. The van der Waals surface area contributed by atoms with Crippen molar-refractivity contribution < 1.29 is 34.0 Å². The maximum atomic E-state index is 12.9. The molecule has 0 amide bonds. The van der Waals surface area contributed by atoms with E-state index in [-0.39, 0.29) is 36.1 Å². The van der Waals surface area contributed by atoms with E-state index in [4.69, 9.17) is 14.2 Å². The Hall–Kier alpha value is -3.22. The summed E-state index contributed by atoms with van der Waals surface area (Å²) in [7, 11) is 2.83. The van der Waals surface area contributed by atoms with Crippen molar-refractivity contribution in [1.82, 2.24) is 0 Å². The first-order valence-corrected chi connectivity index (χ1v) is 8.38. The predicted molar refractivity (Wildman–Crippen MR) is 95.3 cm³/mol. The molecule has 27 heavy (non-hydrogen) atoms. The fourth-order valence-electron chi connectivity index (χ4n) is 3.19. The van der Waals surface area contributed by atoms with Gasteiger partial charge in [-0.15, -0.1) is 0 Å². The summed E-state index contributed by atoms with van der Waals surface area (Å²) in [4.78, 5) is 25.1. The van der Waals surface area contributed by atoms with Crippen LogP contribution in [0.4, 0.5) is 0 Å². The summed E-state index contributed by atoms with van der Waals surface area (Å²) in [5, 5.41) is 19.4. The van der Waals surface area contributed by atoms with Crippen molar-refractivity contribution in [2.24, 2.45) is 11.8 Å². The molecular weight excluding hydrogens is 352 g/mol. The lowest BCUT2D eigenvalue weighted by Gasteiger charge is -2.16. The molecule has 2 atom stereocenters. The van der Waals surface area contributed by atoms with E-state index in [9.17, 15) is 19.8 Å². The number of Topliss-reactive ketones (excluding diaryl/α,β-unsaturated/α-hetero) is 1. The van der Waals surface area contributed by atoms with Gasteiger partial charge in [0, 0.05) is 5.56 Å². The first-order valence-electron chi connectivity index (χ1n) is 8.38. The Bertz CT molecular complexity index is 875. The second kappa shape index (κ2) is 7.57. The van der Waals surface area contributed by atoms with Crippen molar-refractivity contribution in [2.75, 3.05) is 20.8 Å². The van der Waals surface area contributed by atoms with Gasteiger partial charge in [0.25, 0.3) is 0 Å². The lowest BCUT2D eigenvalue weighted by atomic mass is 9.84. The van der Waals surface area contributed by atoms with Crippen LogP contribution in [-0.4, -0.2) is 42.8 Å². The molecule has 2 N–H and O–H groups in total. The molecule has 7 heteroatoms. The van der Waals surface area contributed by atoms with Gasteiger partial charge in [-0.25, -0.2) is 0 Å². The highest BCUT2D eigenvalue weighted by molar-refractivity contribution is 6.01. The van der Waals surface area contributed by atoms with Crippen LogP contribution in [0.15, 0.2) is 36.4 Å². The minimum atomic E-state index is -0.647. The Balaban J connectivity index is 1.85. The molecule has 7 nitrogen and oxygen atoms in total. The highest BCUT2D eigenvalue weighted by Crippen LogP contribution is 2.34. The highest BCUT2D eigenvalue weighted by atomic mass is 16.5. The quantitative estimate of drug-likeness (QED) is 0.593. The van der Waals surface area contributed by atoms with Crippen LogP contribution >= 0.6 is 0 Å². The van der Waals surface area contributed by atoms with Gasteiger partial charge in [-0.1, -0.05) is 6.07 Å². The van der Waals surface area contributed by atoms with E-state index in [1.807, 2.05) is 0 Å². The van der Waals surface area contributed by atoms with Crippen LogP contribution < -0.4 is 9.47 Å². The van der Waals surface area contributed by atoms with Gasteiger partial charge in [-0.3, -0.25) is 9.59 Å². The standard InChI is InChI=1S/C20H20O7/c1-25-17-8-11(3-5-15(17)21)7-13-14(10-27-20(13)24)19(23)12-4-6-16(22)18(9-12)26-2/h3-6,8-9,13-14,21-22H,7,10H2,1-2H3/t13-,14+/m0/s1. The number of hydrogen-bond donors (Lipinski definition) is 2. The minimum absolute atomic E-state index is 0.000738. The summed E-state index contributed by atoms with van der Waals surface area (Å²) in [5.74, 6) is -1.57. The minimum Gasteiger partial charge on any atom is -0.504 e. The second-order valence-corrected chi connectivity index (χ2v) is 6.30. The van der Waals surface area contributed by atoms with Gasteiger partial charge in [0.1, 0.15) is 6.61 Å². The number of aromatic hydroxyl groups is 2. The van der Waals surface area contributed by atoms with Crippen LogP contribution in [0.2, 0.25) is 0 Å². The van der Waals surface area contributed by atoms with Crippen LogP contribution in [0, 0.1) is 11.8 Å². The number of carbonyl (C=O) groups excluding carboxylic acids is 2. The largest absolute Gasteiger partial charge is 0.504 e. The first-order chi connectivity index (χ1) is 12.9. The summed E-state index contributed by atoms with van der Waals surface area (Å²) in [6, 6.07) is 9.10. The van der Waals surface area contributed by atoms with E-state index in [2.05, 4.69) is 0 Å². The van der Waals surface area contributed by atoms with Crippen molar-refractivity contribution in [2.45, 2.75) is 6.42 Å². The van der Waals surface area contributed by atoms with E-state index >= 15 is 0 Å². The van der Waals surface area contributed by atoms with Crippen LogP contribution in [0.5, 0.6) is 23.0 Å². The SMILES string of the molecule is COc1cc(C[C@@H]2C(=O)OC[C@H]2C(=O)c2ccc(O)c(OC)c2)ccc1O. The molecule has 1 fully saturated rings. The Kier molecular flexibility index (Phi) is 5.21. The van der Waals surface area contributed by atoms with Gasteiger partial charge >= 0.3 is 5.97 Å². The van der Waals surface area contributed by atoms with Gasteiger partial charge in [0.2, 0.25) is 0 Å². The Labute approximate surface area is 156 Å². The number of ether oxygens (including phenoxy) is 3. The van der Waals surface area contributed by atoms with Gasteiger partial charge in [0.15, 0.2) is 28.8 Å². The number of hydrogen-bond acceptors (Lipinski definition) is 7. The number of rotatable bonds is 6. The van der Waals surface area contributed by atoms with Crippen LogP contribution in [-0.2, 0) is 16.0 Å². The summed E-state index contributed by atoms with van der Waals surface area (Å²) in [5.41, 5.74) is 1.08. The molecule has 1 saturated heterocycles. The van der Waals surface area contributed by atoms with Gasteiger partial charge in [-0.2, -0.15) is 0 Å². The lowest BCUT2D eigenvalue weighted by molar-refractivity contribution is -0.141. The topological polar surface area (TPSA) is 102 Å². The molecule has 0 aromatic heterocycles. The third kappa shape index (κ3) is 3.67. The van der Waals surface area contributed by atoms with Crippen molar-refractivity contribution in [3.63, 3.8) is 0 Å². The Morgan fingerprint density at radius 2 is 1.70 bits per heavy atom. The zero-order valence-corrected chi connectivity index (χ0v) is 15.0. The maximum absolute atomic E-state index is 12.9. The van der Waals surface area contributed by atoms with Crippen LogP contribution in [0.3, 0.4) is 0 Å². The molecule has 2 aromatic rings. The fourth-order valence-corrected chi connectivity index (χ4v) is 3.19. The number of carbonyl (C=O) groups is 2. The fraction of sp³-hybridized carbons (Fsp3) is 0.300. The van der Waals surface area contributed by atoms with E-state index in [0.29, 0.717) is 11.3 Å². The molecular formula is C20H20O7. The Morgan fingerprint density at radius 3 is 2.37 bits per heavy atom. The molecule has 2 aromatic carbocycles. The third-order valence-electron chi connectivity index (χ3n) is 4.69. The maximum Gasteiger partial charge on any atom is 0.310 e. The van der Waals surface area contributed by atoms with Crippen molar-refractivity contribution in [3.8, 4) is 23.0 Å². The van der Waals surface area contributed by atoms with E-state index in [0.717, 1.165) is 5.56 Å². The van der Waals surface area contributed by atoms with Crippen LogP contribution in [0.25, 0.3) is 0 Å². The average molecular weight is 372 g/mol. The number of benzene rings is 2. The number of methoxy groups -OCH3 is 2. The number of ketones is 1. The van der Waals surface area contributed by atoms with Gasteiger partial charge in [-0.05, 0) is 42.3 Å². The molecule has 0 radical (unpaired) electrons. The summed E-state index contributed by atoms with van der Waals surface area (Å²) < 4.78 is 15.3. The van der Waals surface area contributed by atoms with Gasteiger partial charge in [0.05, 0.1) is 26.1 Å². The molecule has 0 aliphatic carbocycles. The normalized spacial score (nSPS) is 18.8. The molecule has 1 heterocycles. The molecule has 142 valence electrons. The zero-order chi connectivity index (χ0) is 19.6.